The topological polar surface area (TPSA) is 35.2 Å². The molecular weight excluding hydrogens is 130 g/mol. The van der Waals surface area contributed by atoms with E-state index in [0.717, 1.165) is 6.42 Å². The number of hydrogen-bond donors (Lipinski definition) is 1. The highest BCUT2D eigenvalue weighted by Crippen LogP contribution is 2.03. The van der Waals surface area contributed by atoms with Gasteiger partial charge in [0.15, 0.2) is 0 Å². The van der Waals surface area contributed by atoms with Gasteiger partial charge in [-0.3, -0.25) is 0 Å². The highest BCUT2D eigenvalue weighted by molar-refractivity contribution is 6.67. The summed E-state index contributed by atoms with van der Waals surface area (Å²) in [7, 11) is -1.74. The van der Waals surface area contributed by atoms with Crippen LogP contribution in [0.15, 0.2) is 0 Å². The number of rotatable bonds is 3. The second-order valence-electron chi connectivity index (χ2n) is 2.94. The Bertz CT molecular complexity index is 79.6. The molecule has 0 radical (unpaired) electrons. The first-order valence-corrected chi connectivity index (χ1v) is 6.41. The lowest BCUT2D eigenvalue weighted by Gasteiger charge is -2.21. The molecular formula is C6H17NOSi. The fourth-order valence-electron chi connectivity index (χ4n) is 0.602. The monoisotopic (exact) mass is 147 g/mol. The smallest absolute Gasteiger partial charge is 0.260 e. The highest BCUT2D eigenvalue weighted by atomic mass is 28.4. The number of nitrogens with two attached hydrogens (primary N) is 1. The maximum absolute atomic E-state index is 5.73. The summed E-state index contributed by atoms with van der Waals surface area (Å²) in [6.45, 7) is 8.16. The minimum absolute atomic E-state index is 0.330. The summed E-state index contributed by atoms with van der Waals surface area (Å²) < 4.78 is 5.50. The molecule has 56 valence electrons. The van der Waals surface area contributed by atoms with Crippen LogP contribution in [0.4, 0.5) is 0 Å². The van der Waals surface area contributed by atoms with E-state index in [1.165, 1.54) is 0 Å². The Balaban J connectivity index is 3.47. The summed E-state index contributed by atoms with van der Waals surface area (Å²) in [6, 6.07) is 0. The highest BCUT2D eigenvalue weighted by Gasteiger charge is 2.17. The largest absolute Gasteiger partial charge is 0.401 e. The van der Waals surface area contributed by atoms with Gasteiger partial charge >= 0.3 is 0 Å². The van der Waals surface area contributed by atoms with Crippen molar-refractivity contribution >= 4 is 8.48 Å². The Morgan fingerprint density at radius 1 is 1.56 bits per heavy atom. The molecule has 0 rings (SSSR count). The fraction of sp³-hybridized carbons (Fsp3) is 1.00. The average molecular weight is 147 g/mol. The van der Waals surface area contributed by atoms with Gasteiger partial charge in [-0.25, -0.2) is 0 Å². The van der Waals surface area contributed by atoms with Gasteiger partial charge in [0.05, 0.1) is 0 Å². The second-order valence-corrected chi connectivity index (χ2v) is 6.38. The summed E-state index contributed by atoms with van der Waals surface area (Å²) in [5.41, 5.74) is 0. The summed E-state index contributed by atoms with van der Waals surface area (Å²) >= 11 is 0. The first-order valence-electron chi connectivity index (χ1n) is 3.42. The predicted molar refractivity (Wildman–Crippen MR) is 42.5 cm³/mol. The fourth-order valence-corrected chi connectivity index (χ4v) is 1.81. The predicted octanol–water partition coefficient (Wildman–Crippen LogP) is 1.46. The Kier molecular flexibility index (Phi) is 3.39. The molecule has 2 N–H and O–H groups in total. The van der Waals surface area contributed by atoms with E-state index in [2.05, 4.69) is 13.8 Å². The van der Waals surface area contributed by atoms with Gasteiger partial charge in [-0.1, -0.05) is 6.92 Å². The van der Waals surface area contributed by atoms with E-state index in [0.29, 0.717) is 6.10 Å². The van der Waals surface area contributed by atoms with Gasteiger partial charge in [-0.05, 0) is 26.4 Å². The Morgan fingerprint density at radius 2 is 2.00 bits per heavy atom. The maximum Gasteiger partial charge on any atom is 0.260 e. The van der Waals surface area contributed by atoms with Crippen molar-refractivity contribution < 1.29 is 4.43 Å². The van der Waals surface area contributed by atoms with Crippen LogP contribution in [0.5, 0.6) is 0 Å². The van der Waals surface area contributed by atoms with E-state index in [9.17, 15) is 0 Å². The molecule has 1 unspecified atom stereocenters. The van der Waals surface area contributed by atoms with E-state index in [-0.39, 0.29) is 0 Å². The van der Waals surface area contributed by atoms with Crippen LogP contribution in [0.25, 0.3) is 0 Å². The third-order valence-corrected chi connectivity index (χ3v) is 2.09. The SMILES string of the molecule is CCC(C)O[Si](C)(C)N. The van der Waals surface area contributed by atoms with Crippen molar-refractivity contribution in [2.45, 2.75) is 39.5 Å². The van der Waals surface area contributed by atoms with E-state index >= 15 is 0 Å². The zero-order valence-corrected chi connectivity index (χ0v) is 7.77. The van der Waals surface area contributed by atoms with Crippen LogP contribution in [0.1, 0.15) is 20.3 Å². The molecule has 0 aliphatic heterocycles. The zero-order chi connectivity index (χ0) is 7.49. The quantitative estimate of drug-likeness (QED) is 0.613. The normalized spacial score (nSPS) is 15.7. The van der Waals surface area contributed by atoms with Crippen molar-refractivity contribution in [3.8, 4) is 0 Å². The van der Waals surface area contributed by atoms with Crippen molar-refractivity contribution in [2.75, 3.05) is 0 Å². The molecule has 0 aromatic heterocycles. The van der Waals surface area contributed by atoms with Gasteiger partial charge in [0, 0.05) is 6.10 Å². The van der Waals surface area contributed by atoms with E-state index in [1.807, 2.05) is 13.1 Å². The zero-order valence-electron chi connectivity index (χ0n) is 6.77. The number of hydrogen-bond acceptors (Lipinski definition) is 2. The van der Waals surface area contributed by atoms with Crippen molar-refractivity contribution in [3.05, 3.63) is 0 Å². The lowest BCUT2D eigenvalue weighted by molar-refractivity contribution is 0.207. The summed E-state index contributed by atoms with van der Waals surface area (Å²) in [4.78, 5) is 0. The summed E-state index contributed by atoms with van der Waals surface area (Å²) in [5.74, 6) is 0. The van der Waals surface area contributed by atoms with Crippen molar-refractivity contribution in [1.82, 2.24) is 0 Å². The van der Waals surface area contributed by atoms with Crippen molar-refractivity contribution in [1.29, 1.82) is 0 Å². The van der Waals surface area contributed by atoms with Crippen molar-refractivity contribution in [2.24, 2.45) is 5.40 Å². The maximum atomic E-state index is 5.73. The Morgan fingerprint density at radius 3 is 2.11 bits per heavy atom. The van der Waals surface area contributed by atoms with Crippen LogP contribution < -0.4 is 5.40 Å². The Labute approximate surface area is 58.6 Å². The van der Waals surface area contributed by atoms with E-state index < -0.39 is 8.48 Å². The van der Waals surface area contributed by atoms with Gasteiger partial charge in [0.2, 0.25) is 0 Å². The molecule has 0 amide bonds. The van der Waals surface area contributed by atoms with Crippen molar-refractivity contribution in [3.63, 3.8) is 0 Å². The standard InChI is InChI=1S/C6H17NOSi/c1-5-6(2)8-9(3,4)7/h6H,5,7H2,1-4H3. The lowest BCUT2D eigenvalue weighted by atomic mass is 10.3. The van der Waals surface area contributed by atoms with E-state index in [4.69, 9.17) is 9.83 Å². The minimum Gasteiger partial charge on any atom is -0.401 e. The molecule has 0 aromatic carbocycles. The van der Waals surface area contributed by atoms with Crippen LogP contribution in [0.2, 0.25) is 13.1 Å². The molecule has 0 spiro atoms. The van der Waals surface area contributed by atoms with Gasteiger partial charge in [0.1, 0.15) is 0 Å². The molecule has 0 bridgehead atoms. The third kappa shape index (κ3) is 6.02. The lowest BCUT2D eigenvalue weighted by Crippen LogP contribution is -2.44. The van der Waals surface area contributed by atoms with Crippen LogP contribution in [0, 0.1) is 0 Å². The minimum atomic E-state index is -1.74. The van der Waals surface area contributed by atoms with Crippen LogP contribution >= 0.6 is 0 Å². The van der Waals surface area contributed by atoms with Gasteiger partial charge in [-0.2, -0.15) is 0 Å². The molecule has 2 nitrogen and oxygen atoms in total. The molecule has 3 heteroatoms. The first kappa shape index (κ1) is 9.14. The molecule has 0 aliphatic rings. The van der Waals surface area contributed by atoms with Gasteiger partial charge in [-0.15, -0.1) is 0 Å². The molecule has 0 aromatic rings. The summed E-state index contributed by atoms with van der Waals surface area (Å²) in [6.07, 6.45) is 1.38. The van der Waals surface area contributed by atoms with Crippen LogP contribution in [-0.4, -0.2) is 14.6 Å². The first-order chi connectivity index (χ1) is 3.95. The molecule has 0 fully saturated rings. The van der Waals surface area contributed by atoms with Gasteiger partial charge in [0.25, 0.3) is 8.48 Å². The molecule has 9 heavy (non-hydrogen) atoms. The summed E-state index contributed by atoms with van der Waals surface area (Å²) in [5, 5.41) is 5.73. The van der Waals surface area contributed by atoms with Crippen LogP contribution in [0.3, 0.4) is 0 Å². The second kappa shape index (κ2) is 3.34. The Hall–Kier alpha value is 0.137. The molecule has 0 aliphatic carbocycles. The third-order valence-electron chi connectivity index (χ3n) is 1.08. The van der Waals surface area contributed by atoms with Crippen LogP contribution in [-0.2, 0) is 4.43 Å². The average Bonchev–Trinajstić information content (AvgIpc) is 1.62. The van der Waals surface area contributed by atoms with E-state index in [1.54, 1.807) is 0 Å². The molecule has 0 heterocycles. The molecule has 1 atom stereocenters. The molecule has 0 saturated heterocycles. The molecule has 0 saturated carbocycles. The van der Waals surface area contributed by atoms with Gasteiger partial charge < -0.3 is 9.83 Å².